The van der Waals surface area contributed by atoms with Gasteiger partial charge < -0.3 is 10.1 Å². The summed E-state index contributed by atoms with van der Waals surface area (Å²) < 4.78 is 18.3. The number of benzene rings is 3. The van der Waals surface area contributed by atoms with E-state index in [0.717, 1.165) is 21.9 Å². The fourth-order valence-corrected chi connectivity index (χ4v) is 3.68. The number of fused-ring (bicyclic) bond motifs is 1. The van der Waals surface area contributed by atoms with E-state index in [-0.39, 0.29) is 30.0 Å². The van der Waals surface area contributed by atoms with E-state index in [1.807, 2.05) is 24.3 Å². The number of hydrogen-bond donors (Lipinski definition) is 1. The van der Waals surface area contributed by atoms with E-state index < -0.39 is 6.04 Å². The summed E-state index contributed by atoms with van der Waals surface area (Å²) in [5, 5.41) is 5.14. The number of methoxy groups -OCH3 is 1. The number of Topliss-reactive ketones (excluding diaryl/α,β-unsaturated/α-hetero) is 1. The van der Waals surface area contributed by atoms with Crippen LogP contribution in [0, 0.1) is 11.7 Å². The van der Waals surface area contributed by atoms with Gasteiger partial charge in [0, 0.05) is 13.5 Å². The van der Waals surface area contributed by atoms with Crippen molar-refractivity contribution in [3.63, 3.8) is 0 Å². The van der Waals surface area contributed by atoms with Crippen LogP contribution in [0.25, 0.3) is 10.8 Å². The molecule has 0 aromatic heterocycles. The van der Waals surface area contributed by atoms with Crippen LogP contribution in [0.3, 0.4) is 0 Å². The van der Waals surface area contributed by atoms with Gasteiger partial charge in [0.05, 0.1) is 18.6 Å². The minimum Gasteiger partial charge on any atom is -0.384 e. The van der Waals surface area contributed by atoms with Gasteiger partial charge in [-0.05, 0) is 46.9 Å². The average molecular weight is 422 g/mol. The van der Waals surface area contributed by atoms with Crippen molar-refractivity contribution in [1.29, 1.82) is 0 Å². The highest BCUT2D eigenvalue weighted by Crippen LogP contribution is 2.20. The van der Waals surface area contributed by atoms with Crippen LogP contribution in [0.4, 0.5) is 4.39 Å². The van der Waals surface area contributed by atoms with Gasteiger partial charge in [-0.25, -0.2) is 4.39 Å². The molecule has 0 aliphatic heterocycles. The van der Waals surface area contributed by atoms with Crippen molar-refractivity contribution in [2.75, 3.05) is 13.7 Å². The topological polar surface area (TPSA) is 55.4 Å². The Kier molecular flexibility index (Phi) is 7.90. The molecule has 0 saturated carbocycles. The van der Waals surface area contributed by atoms with Crippen molar-refractivity contribution in [3.05, 3.63) is 83.7 Å². The largest absolute Gasteiger partial charge is 0.384 e. The SMILES string of the molecule is COC[C@H](C)C(=O)N[C@@H](Cc1ccc(F)cc1)C(=O)CCc1cccc2ccccc12. The number of carbonyl (C=O) groups is 2. The maximum atomic E-state index is 13.3. The smallest absolute Gasteiger partial charge is 0.225 e. The van der Waals surface area contributed by atoms with Crippen molar-refractivity contribution in [2.45, 2.75) is 32.2 Å². The van der Waals surface area contributed by atoms with Crippen molar-refractivity contribution < 1.29 is 18.7 Å². The molecule has 1 N–H and O–H groups in total. The molecule has 2 atom stereocenters. The van der Waals surface area contributed by atoms with E-state index in [9.17, 15) is 14.0 Å². The Labute approximate surface area is 182 Å². The third-order valence-corrected chi connectivity index (χ3v) is 5.44. The molecule has 5 heteroatoms. The van der Waals surface area contributed by atoms with Gasteiger partial charge in [0.1, 0.15) is 5.82 Å². The Morgan fingerprint density at radius 2 is 1.71 bits per heavy atom. The summed E-state index contributed by atoms with van der Waals surface area (Å²) in [6.07, 6.45) is 1.21. The first-order valence-electron chi connectivity index (χ1n) is 10.5. The van der Waals surface area contributed by atoms with Gasteiger partial charge in [-0.1, -0.05) is 61.5 Å². The number of ketones is 1. The van der Waals surface area contributed by atoms with E-state index in [1.165, 1.54) is 19.2 Å². The van der Waals surface area contributed by atoms with Crippen LogP contribution in [0.1, 0.15) is 24.5 Å². The average Bonchev–Trinajstić information content (AvgIpc) is 2.78. The van der Waals surface area contributed by atoms with Gasteiger partial charge in [-0.15, -0.1) is 0 Å². The first-order valence-corrected chi connectivity index (χ1v) is 10.5. The lowest BCUT2D eigenvalue weighted by Gasteiger charge is -2.20. The highest BCUT2D eigenvalue weighted by Gasteiger charge is 2.24. The maximum absolute atomic E-state index is 13.3. The predicted octanol–water partition coefficient (Wildman–Crippen LogP) is 4.49. The van der Waals surface area contributed by atoms with Crippen LogP contribution in [0.5, 0.6) is 0 Å². The van der Waals surface area contributed by atoms with E-state index in [1.54, 1.807) is 19.1 Å². The first kappa shape index (κ1) is 22.6. The third-order valence-electron chi connectivity index (χ3n) is 5.44. The third kappa shape index (κ3) is 6.22. The number of ether oxygens (including phenoxy) is 1. The Bertz CT molecular complexity index is 1030. The zero-order valence-corrected chi connectivity index (χ0v) is 17.9. The molecule has 0 aliphatic carbocycles. The minimum absolute atomic E-state index is 0.0461. The molecule has 3 aromatic carbocycles. The van der Waals surface area contributed by atoms with Crippen molar-refractivity contribution in [1.82, 2.24) is 5.32 Å². The van der Waals surface area contributed by atoms with Crippen LogP contribution in [0.15, 0.2) is 66.7 Å². The fourth-order valence-electron chi connectivity index (χ4n) is 3.68. The molecule has 0 bridgehead atoms. The second-order valence-corrected chi connectivity index (χ2v) is 7.85. The Hall–Kier alpha value is -3.05. The highest BCUT2D eigenvalue weighted by molar-refractivity contribution is 5.91. The number of rotatable bonds is 10. The first-order chi connectivity index (χ1) is 15.0. The van der Waals surface area contributed by atoms with Gasteiger partial charge in [-0.3, -0.25) is 9.59 Å². The quantitative estimate of drug-likeness (QED) is 0.525. The number of hydrogen-bond acceptors (Lipinski definition) is 3. The van der Waals surface area contributed by atoms with Crippen LogP contribution < -0.4 is 5.32 Å². The number of amides is 1. The van der Waals surface area contributed by atoms with Crippen LogP contribution >= 0.6 is 0 Å². The summed E-state index contributed by atoms with van der Waals surface area (Å²) >= 11 is 0. The Balaban J connectivity index is 1.74. The Morgan fingerprint density at radius 3 is 2.45 bits per heavy atom. The van der Waals surface area contributed by atoms with Gasteiger partial charge in [-0.2, -0.15) is 0 Å². The molecule has 0 heterocycles. The summed E-state index contributed by atoms with van der Waals surface area (Å²) in [7, 11) is 1.54. The summed E-state index contributed by atoms with van der Waals surface area (Å²) in [4.78, 5) is 25.7. The number of halogens is 1. The molecular weight excluding hydrogens is 393 g/mol. The zero-order valence-electron chi connectivity index (χ0n) is 17.9. The van der Waals surface area contributed by atoms with E-state index in [4.69, 9.17) is 4.74 Å². The van der Waals surface area contributed by atoms with E-state index >= 15 is 0 Å². The standard InChI is InChI=1S/C26H28FNO3/c1-18(17-31-2)26(30)28-24(16-19-10-13-22(27)14-11-19)25(29)15-12-21-8-5-7-20-6-3-4-9-23(20)21/h3-11,13-14,18,24H,12,15-17H2,1-2H3,(H,28,30)/t18-,24-/m0/s1. The Morgan fingerprint density at radius 1 is 1.00 bits per heavy atom. The van der Waals surface area contributed by atoms with E-state index in [0.29, 0.717) is 19.3 Å². The molecule has 3 aromatic rings. The van der Waals surface area contributed by atoms with Crippen molar-refractivity contribution >= 4 is 22.5 Å². The lowest BCUT2D eigenvalue weighted by atomic mass is 9.95. The van der Waals surface area contributed by atoms with Crippen LogP contribution in [-0.4, -0.2) is 31.4 Å². The molecule has 31 heavy (non-hydrogen) atoms. The van der Waals surface area contributed by atoms with Gasteiger partial charge >= 0.3 is 0 Å². The molecule has 3 rings (SSSR count). The second kappa shape index (κ2) is 10.8. The second-order valence-electron chi connectivity index (χ2n) is 7.85. The molecule has 0 radical (unpaired) electrons. The van der Waals surface area contributed by atoms with Crippen molar-refractivity contribution in [3.8, 4) is 0 Å². The minimum atomic E-state index is -0.674. The summed E-state index contributed by atoms with van der Waals surface area (Å²) in [6.45, 7) is 2.04. The summed E-state index contributed by atoms with van der Waals surface area (Å²) in [5.41, 5.74) is 1.90. The van der Waals surface area contributed by atoms with Gasteiger partial charge in [0.25, 0.3) is 0 Å². The van der Waals surface area contributed by atoms with E-state index in [2.05, 4.69) is 23.5 Å². The molecule has 162 valence electrons. The zero-order chi connectivity index (χ0) is 22.2. The summed E-state index contributed by atoms with van der Waals surface area (Å²) in [6, 6.07) is 19.5. The normalized spacial score (nSPS) is 13.0. The van der Waals surface area contributed by atoms with Gasteiger partial charge in [0.15, 0.2) is 5.78 Å². The van der Waals surface area contributed by atoms with Crippen LogP contribution in [0.2, 0.25) is 0 Å². The molecule has 1 amide bonds. The number of aryl methyl sites for hydroxylation is 1. The molecule has 0 unspecified atom stereocenters. The number of carbonyl (C=O) groups excluding carboxylic acids is 2. The predicted molar refractivity (Wildman–Crippen MR) is 120 cm³/mol. The lowest BCUT2D eigenvalue weighted by Crippen LogP contribution is -2.45. The molecule has 0 aliphatic rings. The molecular formula is C26H28FNO3. The molecule has 0 spiro atoms. The van der Waals surface area contributed by atoms with Crippen LogP contribution in [-0.2, 0) is 27.2 Å². The number of nitrogens with one attached hydrogen (secondary N) is 1. The maximum Gasteiger partial charge on any atom is 0.225 e. The summed E-state index contributed by atoms with van der Waals surface area (Å²) in [5.74, 6) is -0.977. The monoisotopic (exact) mass is 421 g/mol. The highest BCUT2D eigenvalue weighted by atomic mass is 19.1. The lowest BCUT2D eigenvalue weighted by molar-refractivity contribution is -0.131. The molecule has 0 saturated heterocycles. The fraction of sp³-hybridized carbons (Fsp3) is 0.308. The molecule has 0 fully saturated rings. The molecule has 4 nitrogen and oxygen atoms in total. The van der Waals surface area contributed by atoms with Crippen molar-refractivity contribution in [2.24, 2.45) is 5.92 Å². The van der Waals surface area contributed by atoms with Gasteiger partial charge in [0.2, 0.25) is 5.91 Å².